The van der Waals surface area contributed by atoms with Crippen molar-refractivity contribution in [1.82, 2.24) is 10.4 Å². The molecule has 2 aliphatic rings. The maximum atomic E-state index is 12.3. The van der Waals surface area contributed by atoms with Crippen molar-refractivity contribution in [2.45, 2.75) is 38.0 Å². The SMILES string of the molecule is O=C(NO)C1C2CCC(C2)N1C(=O)OCc1ccccc1. The zero-order valence-corrected chi connectivity index (χ0v) is 11.6. The van der Waals surface area contributed by atoms with E-state index in [2.05, 4.69) is 0 Å². The van der Waals surface area contributed by atoms with Crippen molar-refractivity contribution in [3.63, 3.8) is 0 Å². The van der Waals surface area contributed by atoms with Gasteiger partial charge in [0.25, 0.3) is 5.91 Å². The minimum absolute atomic E-state index is 0.0422. The van der Waals surface area contributed by atoms with E-state index in [9.17, 15) is 9.59 Å². The number of carbonyl (C=O) groups excluding carboxylic acids is 2. The Morgan fingerprint density at radius 1 is 1.29 bits per heavy atom. The number of benzene rings is 1. The van der Waals surface area contributed by atoms with E-state index in [-0.39, 0.29) is 18.6 Å². The molecule has 0 aromatic heterocycles. The summed E-state index contributed by atoms with van der Waals surface area (Å²) < 4.78 is 5.31. The normalized spacial score (nSPS) is 26.7. The lowest BCUT2D eigenvalue weighted by atomic mass is 9.98. The number of fused-ring (bicyclic) bond motifs is 2. The number of carbonyl (C=O) groups is 2. The molecule has 0 spiro atoms. The van der Waals surface area contributed by atoms with E-state index >= 15 is 0 Å². The number of nitrogens with zero attached hydrogens (tertiary/aromatic N) is 1. The molecule has 0 radical (unpaired) electrons. The molecule has 6 nitrogen and oxygen atoms in total. The molecule has 2 N–H and O–H groups in total. The van der Waals surface area contributed by atoms with E-state index in [0.717, 1.165) is 24.8 Å². The number of amides is 2. The number of nitrogens with one attached hydrogen (secondary N) is 1. The number of likely N-dealkylation sites (tertiary alicyclic amines) is 1. The van der Waals surface area contributed by atoms with Gasteiger partial charge in [-0.1, -0.05) is 30.3 Å². The van der Waals surface area contributed by atoms with Gasteiger partial charge in [-0.2, -0.15) is 0 Å². The van der Waals surface area contributed by atoms with Crippen LogP contribution in [0.2, 0.25) is 0 Å². The van der Waals surface area contributed by atoms with Gasteiger partial charge < -0.3 is 4.74 Å². The van der Waals surface area contributed by atoms with Crippen molar-refractivity contribution < 1.29 is 19.5 Å². The molecule has 3 rings (SSSR count). The van der Waals surface area contributed by atoms with E-state index in [1.54, 1.807) is 5.48 Å². The lowest BCUT2D eigenvalue weighted by Gasteiger charge is -2.32. The molecule has 1 aliphatic heterocycles. The molecule has 2 amide bonds. The van der Waals surface area contributed by atoms with Crippen LogP contribution in [-0.2, 0) is 16.1 Å². The van der Waals surface area contributed by atoms with Gasteiger partial charge in [-0.05, 0) is 30.7 Å². The molecule has 112 valence electrons. The van der Waals surface area contributed by atoms with Crippen molar-refractivity contribution in [2.24, 2.45) is 5.92 Å². The quantitative estimate of drug-likeness (QED) is 0.656. The zero-order valence-electron chi connectivity index (χ0n) is 11.6. The Labute approximate surface area is 122 Å². The highest BCUT2D eigenvalue weighted by Gasteiger charge is 2.52. The van der Waals surface area contributed by atoms with Gasteiger partial charge in [0.2, 0.25) is 0 Å². The fourth-order valence-electron chi connectivity index (χ4n) is 3.45. The van der Waals surface area contributed by atoms with Crippen molar-refractivity contribution in [1.29, 1.82) is 0 Å². The maximum Gasteiger partial charge on any atom is 0.411 e. The van der Waals surface area contributed by atoms with Gasteiger partial charge in [0.15, 0.2) is 0 Å². The molecule has 21 heavy (non-hydrogen) atoms. The van der Waals surface area contributed by atoms with Gasteiger partial charge in [-0.25, -0.2) is 10.3 Å². The predicted octanol–water partition coefficient (Wildman–Crippen LogP) is 1.68. The minimum atomic E-state index is -0.614. The van der Waals surface area contributed by atoms with E-state index in [0.29, 0.717) is 0 Å². The highest BCUT2D eigenvalue weighted by atomic mass is 16.6. The lowest BCUT2D eigenvalue weighted by molar-refractivity contribution is -0.135. The van der Waals surface area contributed by atoms with Gasteiger partial charge >= 0.3 is 6.09 Å². The summed E-state index contributed by atoms with van der Waals surface area (Å²) in [4.78, 5) is 25.6. The second-order valence-corrected chi connectivity index (χ2v) is 5.60. The molecule has 6 heteroatoms. The monoisotopic (exact) mass is 290 g/mol. The molecule has 3 unspecified atom stereocenters. The third kappa shape index (κ3) is 2.58. The van der Waals surface area contributed by atoms with Crippen molar-refractivity contribution in [2.75, 3.05) is 0 Å². The minimum Gasteiger partial charge on any atom is -0.445 e. The van der Waals surface area contributed by atoms with Crippen LogP contribution in [0.3, 0.4) is 0 Å². The number of hydrogen-bond acceptors (Lipinski definition) is 4. The molecule has 2 fully saturated rings. The zero-order chi connectivity index (χ0) is 14.8. The highest BCUT2D eigenvalue weighted by Crippen LogP contribution is 2.42. The van der Waals surface area contributed by atoms with Crippen LogP contribution in [0, 0.1) is 5.92 Å². The van der Waals surface area contributed by atoms with Crippen LogP contribution in [0.15, 0.2) is 30.3 Å². The number of piperidine rings is 1. The number of hydroxylamine groups is 1. The van der Waals surface area contributed by atoms with E-state index < -0.39 is 18.0 Å². The highest BCUT2D eigenvalue weighted by molar-refractivity contribution is 5.86. The van der Waals surface area contributed by atoms with Gasteiger partial charge in [0, 0.05) is 6.04 Å². The van der Waals surface area contributed by atoms with Gasteiger partial charge in [-0.3, -0.25) is 14.9 Å². The van der Waals surface area contributed by atoms with Crippen LogP contribution in [0.5, 0.6) is 0 Å². The van der Waals surface area contributed by atoms with Crippen LogP contribution < -0.4 is 5.48 Å². The molecule has 1 saturated heterocycles. The number of hydrogen-bond donors (Lipinski definition) is 2. The summed E-state index contributed by atoms with van der Waals surface area (Å²) in [6.45, 7) is 0.182. The molecule has 3 atom stereocenters. The lowest BCUT2D eigenvalue weighted by Crippen LogP contribution is -2.52. The largest absolute Gasteiger partial charge is 0.445 e. The van der Waals surface area contributed by atoms with Crippen molar-refractivity contribution in [3.8, 4) is 0 Å². The summed E-state index contributed by atoms with van der Waals surface area (Å²) in [6, 6.07) is 8.83. The Hall–Kier alpha value is -2.08. The van der Waals surface area contributed by atoms with E-state index in [1.807, 2.05) is 30.3 Å². The molecule has 1 aromatic carbocycles. The predicted molar refractivity (Wildman–Crippen MR) is 73.3 cm³/mol. The first kappa shape index (κ1) is 13.9. The van der Waals surface area contributed by atoms with E-state index in [4.69, 9.17) is 9.94 Å². The number of ether oxygens (including phenoxy) is 1. The first-order chi connectivity index (χ1) is 10.2. The van der Waals surface area contributed by atoms with Gasteiger partial charge in [-0.15, -0.1) is 0 Å². The van der Waals surface area contributed by atoms with Crippen LogP contribution in [0.25, 0.3) is 0 Å². The van der Waals surface area contributed by atoms with E-state index in [1.165, 1.54) is 4.90 Å². The Balaban J connectivity index is 1.67. The smallest absolute Gasteiger partial charge is 0.411 e. The topological polar surface area (TPSA) is 78.9 Å². The average molecular weight is 290 g/mol. The molecule has 1 saturated carbocycles. The third-order valence-electron chi connectivity index (χ3n) is 4.38. The first-order valence-corrected chi connectivity index (χ1v) is 7.13. The second kappa shape index (κ2) is 5.73. The standard InChI is InChI=1S/C15H18N2O4/c18-14(16-20)13-11-6-7-12(8-11)17(13)15(19)21-9-10-4-2-1-3-5-10/h1-5,11-13,20H,6-9H2,(H,16,18). The Morgan fingerprint density at radius 2 is 2.05 bits per heavy atom. The summed E-state index contributed by atoms with van der Waals surface area (Å²) in [5.74, 6) is -0.412. The Bertz CT molecular complexity index is 534. The first-order valence-electron chi connectivity index (χ1n) is 7.13. The van der Waals surface area contributed by atoms with Crippen molar-refractivity contribution >= 4 is 12.0 Å². The average Bonchev–Trinajstić information content (AvgIpc) is 3.13. The van der Waals surface area contributed by atoms with Crippen LogP contribution >= 0.6 is 0 Å². The maximum absolute atomic E-state index is 12.3. The van der Waals surface area contributed by atoms with Gasteiger partial charge in [0.05, 0.1) is 0 Å². The molecule has 2 bridgehead atoms. The van der Waals surface area contributed by atoms with Crippen LogP contribution in [0.4, 0.5) is 4.79 Å². The summed E-state index contributed by atoms with van der Waals surface area (Å²) in [6.07, 6.45) is 2.11. The number of rotatable bonds is 3. The summed E-state index contributed by atoms with van der Waals surface area (Å²) in [7, 11) is 0. The van der Waals surface area contributed by atoms with Crippen molar-refractivity contribution in [3.05, 3.63) is 35.9 Å². The molecule has 1 heterocycles. The molecular formula is C15H18N2O4. The Kier molecular flexibility index (Phi) is 3.79. The fourth-order valence-corrected chi connectivity index (χ4v) is 3.45. The molecule has 1 aliphatic carbocycles. The summed E-state index contributed by atoms with van der Waals surface area (Å²) in [5, 5.41) is 8.85. The third-order valence-corrected chi connectivity index (χ3v) is 4.38. The molecule has 1 aromatic rings. The molecular weight excluding hydrogens is 272 g/mol. The summed E-state index contributed by atoms with van der Waals surface area (Å²) in [5.41, 5.74) is 2.56. The van der Waals surface area contributed by atoms with Gasteiger partial charge in [0.1, 0.15) is 12.6 Å². The summed E-state index contributed by atoms with van der Waals surface area (Å²) >= 11 is 0. The Morgan fingerprint density at radius 3 is 2.76 bits per heavy atom. The van der Waals surface area contributed by atoms with Crippen LogP contribution in [0.1, 0.15) is 24.8 Å². The fraction of sp³-hybridized carbons (Fsp3) is 0.467. The second-order valence-electron chi connectivity index (χ2n) is 5.60. The van der Waals surface area contributed by atoms with Crippen LogP contribution in [-0.4, -0.2) is 34.2 Å².